The first-order valence-electron chi connectivity index (χ1n) is 7.17. The maximum absolute atomic E-state index is 12.4. The summed E-state index contributed by atoms with van der Waals surface area (Å²) in [4.78, 5) is 55.7. The first kappa shape index (κ1) is 19.6. The number of rotatable bonds is 7. The van der Waals surface area contributed by atoms with Crippen LogP contribution in [0.25, 0.3) is 0 Å². The average Bonchev–Trinajstić information content (AvgIpc) is 3.08. The molecule has 2 rings (SSSR count). The number of nitrogens with one attached hydrogen (secondary N) is 4. The number of carbonyl (C=O) groups is 4. The summed E-state index contributed by atoms with van der Waals surface area (Å²) < 4.78 is 0. The second kappa shape index (κ2) is 8.58. The van der Waals surface area contributed by atoms with Crippen LogP contribution in [-0.4, -0.2) is 66.4 Å². The molecule has 13 heteroatoms. The molecule has 11 nitrogen and oxygen atoms in total. The van der Waals surface area contributed by atoms with Gasteiger partial charge in [0.25, 0.3) is 5.91 Å². The summed E-state index contributed by atoms with van der Waals surface area (Å²) in [5.41, 5.74) is -0.0964. The minimum Gasteiger partial charge on any atom is -0.398 e. The van der Waals surface area contributed by atoms with Crippen molar-refractivity contribution in [3.63, 3.8) is 0 Å². The summed E-state index contributed by atoms with van der Waals surface area (Å²) in [6.45, 7) is 0. The van der Waals surface area contributed by atoms with E-state index in [1.54, 1.807) is 0 Å². The maximum Gasteiger partial charge on any atom is 0.276 e. The number of amides is 4. The molecule has 26 heavy (non-hydrogen) atoms. The number of oxime groups is 1. The SMILES string of the molecule is CNC(=O)C1NC(=O)C1NC(=O)C(=NOC)c1csc(NC(=O)CCl)n1. The lowest BCUT2D eigenvalue weighted by molar-refractivity contribution is -0.141. The van der Waals surface area contributed by atoms with Crippen molar-refractivity contribution < 1.29 is 24.0 Å². The van der Waals surface area contributed by atoms with E-state index < -0.39 is 35.7 Å². The van der Waals surface area contributed by atoms with Gasteiger partial charge in [-0.15, -0.1) is 22.9 Å². The zero-order valence-corrected chi connectivity index (χ0v) is 15.2. The van der Waals surface area contributed by atoms with Gasteiger partial charge in [-0.2, -0.15) is 0 Å². The molecule has 1 aliphatic heterocycles. The molecule has 0 spiro atoms. The summed E-state index contributed by atoms with van der Waals surface area (Å²) in [5, 5.41) is 14.9. The molecule has 1 aromatic rings. The third kappa shape index (κ3) is 4.26. The van der Waals surface area contributed by atoms with Crippen LogP contribution in [0, 0.1) is 0 Å². The normalized spacial score (nSPS) is 19.0. The number of hydrogen-bond acceptors (Lipinski definition) is 8. The fraction of sp³-hybridized carbons (Fsp3) is 0.385. The first-order chi connectivity index (χ1) is 12.4. The van der Waals surface area contributed by atoms with E-state index in [4.69, 9.17) is 11.6 Å². The molecule has 1 fully saturated rings. The number of nitrogens with zero attached hydrogens (tertiary/aromatic N) is 2. The van der Waals surface area contributed by atoms with Crippen molar-refractivity contribution in [2.75, 3.05) is 25.4 Å². The zero-order chi connectivity index (χ0) is 19.3. The van der Waals surface area contributed by atoms with Crippen LogP contribution in [0.1, 0.15) is 5.69 Å². The van der Waals surface area contributed by atoms with E-state index in [0.717, 1.165) is 11.3 Å². The lowest BCUT2D eigenvalue weighted by Crippen LogP contribution is -2.73. The van der Waals surface area contributed by atoms with Gasteiger partial charge in [0.1, 0.15) is 30.8 Å². The van der Waals surface area contributed by atoms with Gasteiger partial charge < -0.3 is 26.1 Å². The smallest absolute Gasteiger partial charge is 0.276 e. The molecule has 1 saturated heterocycles. The number of hydrogen-bond donors (Lipinski definition) is 4. The highest BCUT2D eigenvalue weighted by Gasteiger charge is 2.45. The molecule has 1 aliphatic rings. The van der Waals surface area contributed by atoms with Crippen molar-refractivity contribution in [3.05, 3.63) is 11.1 Å². The molecule has 0 aromatic carbocycles. The van der Waals surface area contributed by atoms with Gasteiger partial charge in [-0.25, -0.2) is 4.98 Å². The average molecular weight is 403 g/mol. The molecule has 0 bridgehead atoms. The van der Waals surface area contributed by atoms with E-state index >= 15 is 0 Å². The molecule has 0 saturated carbocycles. The van der Waals surface area contributed by atoms with Gasteiger partial charge in [0.2, 0.25) is 17.7 Å². The van der Waals surface area contributed by atoms with Crippen molar-refractivity contribution in [3.8, 4) is 0 Å². The number of likely N-dealkylation sites (N-methyl/N-ethyl adjacent to an activating group) is 1. The fourth-order valence-electron chi connectivity index (χ4n) is 2.00. The largest absolute Gasteiger partial charge is 0.398 e. The molecule has 4 N–H and O–H groups in total. The molecule has 2 unspecified atom stereocenters. The fourth-order valence-corrected chi connectivity index (χ4v) is 2.78. The Labute approximate surface area is 156 Å². The Hall–Kier alpha value is -2.73. The number of aromatic nitrogens is 1. The lowest BCUT2D eigenvalue weighted by Gasteiger charge is -2.35. The Morgan fingerprint density at radius 2 is 2.19 bits per heavy atom. The molecule has 140 valence electrons. The van der Waals surface area contributed by atoms with Gasteiger partial charge in [0.15, 0.2) is 10.8 Å². The van der Waals surface area contributed by atoms with E-state index in [1.165, 1.54) is 19.5 Å². The molecule has 2 atom stereocenters. The quantitative estimate of drug-likeness (QED) is 0.187. The van der Waals surface area contributed by atoms with E-state index in [9.17, 15) is 19.2 Å². The Morgan fingerprint density at radius 3 is 2.77 bits per heavy atom. The summed E-state index contributed by atoms with van der Waals surface area (Å²) >= 11 is 6.45. The van der Waals surface area contributed by atoms with Gasteiger partial charge in [-0.1, -0.05) is 5.16 Å². The van der Waals surface area contributed by atoms with Crippen LogP contribution in [0.2, 0.25) is 0 Å². The highest BCUT2D eigenvalue weighted by molar-refractivity contribution is 7.14. The minimum absolute atomic E-state index is 0.121. The molecule has 4 amide bonds. The van der Waals surface area contributed by atoms with Gasteiger partial charge in [0, 0.05) is 12.4 Å². The van der Waals surface area contributed by atoms with Crippen LogP contribution in [0.4, 0.5) is 5.13 Å². The predicted octanol–water partition coefficient (Wildman–Crippen LogP) is -1.60. The maximum atomic E-state index is 12.4. The number of alkyl halides is 1. The zero-order valence-electron chi connectivity index (χ0n) is 13.7. The molecule has 1 aromatic heterocycles. The van der Waals surface area contributed by atoms with Gasteiger partial charge in [-0.05, 0) is 0 Å². The van der Waals surface area contributed by atoms with Gasteiger partial charge in [-0.3, -0.25) is 19.2 Å². The lowest BCUT2D eigenvalue weighted by atomic mass is 9.98. The summed E-state index contributed by atoms with van der Waals surface area (Å²) in [5.74, 6) is -2.41. The van der Waals surface area contributed by atoms with Crippen molar-refractivity contribution in [1.82, 2.24) is 20.9 Å². The van der Waals surface area contributed by atoms with E-state index in [0.29, 0.717) is 0 Å². The summed E-state index contributed by atoms with van der Waals surface area (Å²) in [7, 11) is 2.65. The Balaban J connectivity index is 2.13. The topological polar surface area (TPSA) is 151 Å². The van der Waals surface area contributed by atoms with Gasteiger partial charge >= 0.3 is 0 Å². The third-order valence-electron chi connectivity index (χ3n) is 3.24. The number of thiazole rings is 1. The van der Waals surface area contributed by atoms with Crippen molar-refractivity contribution in [1.29, 1.82) is 0 Å². The number of carbonyl (C=O) groups excluding carboxylic acids is 4. The standard InChI is InChI=1S/C13H15ClN6O5S/c1-15-10(22)8-9(12(24)18-8)19-11(23)7(20-25-2)5-4-26-13(16-5)17-6(21)3-14/h4,8-9H,3H2,1-2H3,(H,15,22)(H,18,24)(H,19,23)(H,16,17,21). The first-order valence-corrected chi connectivity index (χ1v) is 8.58. The predicted molar refractivity (Wildman–Crippen MR) is 92.9 cm³/mol. The van der Waals surface area contributed by atoms with E-state index in [-0.39, 0.29) is 22.4 Å². The highest BCUT2D eigenvalue weighted by Crippen LogP contribution is 2.17. The van der Waals surface area contributed by atoms with Crippen LogP contribution >= 0.6 is 22.9 Å². The van der Waals surface area contributed by atoms with Crippen LogP contribution in [-0.2, 0) is 24.0 Å². The number of halogens is 1. The molecular formula is C13H15ClN6O5S. The Kier molecular flexibility index (Phi) is 6.46. The Bertz CT molecular complexity index is 766. The molecule has 2 heterocycles. The molecular weight excluding hydrogens is 388 g/mol. The van der Waals surface area contributed by atoms with Crippen LogP contribution in [0.15, 0.2) is 10.5 Å². The van der Waals surface area contributed by atoms with E-state index in [1.807, 2.05) is 0 Å². The van der Waals surface area contributed by atoms with Crippen molar-refractivity contribution in [2.24, 2.45) is 5.16 Å². The monoisotopic (exact) mass is 402 g/mol. The highest BCUT2D eigenvalue weighted by atomic mass is 35.5. The second-order valence-electron chi connectivity index (χ2n) is 4.89. The number of anilines is 1. The summed E-state index contributed by atoms with van der Waals surface area (Å²) in [6, 6.07) is -1.92. The third-order valence-corrected chi connectivity index (χ3v) is 4.24. The van der Waals surface area contributed by atoms with Crippen molar-refractivity contribution >= 4 is 57.4 Å². The minimum atomic E-state index is -1.04. The number of β-lactam (4-membered cyclic amide) rings is 1. The molecule has 0 aliphatic carbocycles. The Morgan fingerprint density at radius 1 is 1.46 bits per heavy atom. The molecule has 0 radical (unpaired) electrons. The van der Waals surface area contributed by atoms with Crippen LogP contribution in [0.5, 0.6) is 0 Å². The van der Waals surface area contributed by atoms with Crippen LogP contribution in [0.3, 0.4) is 0 Å². The van der Waals surface area contributed by atoms with Crippen molar-refractivity contribution in [2.45, 2.75) is 12.1 Å². The summed E-state index contributed by atoms with van der Waals surface area (Å²) in [6.07, 6.45) is 0. The van der Waals surface area contributed by atoms with E-state index in [2.05, 4.69) is 36.2 Å². The second-order valence-corrected chi connectivity index (χ2v) is 6.02. The van der Waals surface area contributed by atoms with Crippen LogP contribution < -0.4 is 21.3 Å². The van der Waals surface area contributed by atoms with Gasteiger partial charge in [0.05, 0.1) is 0 Å².